The Morgan fingerprint density at radius 1 is 1.29 bits per heavy atom. The molecule has 1 unspecified atom stereocenters. The van der Waals surface area contributed by atoms with Crippen LogP contribution < -0.4 is 0 Å². The van der Waals surface area contributed by atoms with Crippen LogP contribution in [0.25, 0.3) is 0 Å². The Hall–Kier alpha value is -1.25. The van der Waals surface area contributed by atoms with E-state index >= 15 is 0 Å². The van der Waals surface area contributed by atoms with Gasteiger partial charge in [-0.15, -0.1) is 18.9 Å². The number of amides is 1. The molecular formula is C19H35NO3Si. The van der Waals surface area contributed by atoms with Crippen molar-refractivity contribution in [1.29, 1.82) is 0 Å². The minimum absolute atomic E-state index is 0.0784. The van der Waals surface area contributed by atoms with Crippen molar-refractivity contribution in [3.63, 3.8) is 0 Å². The lowest BCUT2D eigenvalue weighted by Gasteiger charge is -2.40. The second-order valence-corrected chi connectivity index (χ2v) is 13.3. The normalized spacial score (nSPS) is 13.8. The number of nitrogens with zero attached hydrogens (tertiary/aromatic N) is 1. The lowest BCUT2D eigenvalue weighted by molar-refractivity contribution is 0.0188. The molecule has 0 N–H and O–H groups in total. The second kappa shape index (κ2) is 8.73. The molecule has 5 heteroatoms. The number of rotatable bonds is 7. The Balaban J connectivity index is 5.19. The standard InChI is InChI=1S/C19H35NO3Si/c1-11-13-16(23-24(9,10)19(6,7)8)15-20(14-12-2)17(21)22-18(3,4)5/h1,12,16H,2,13-15H2,3-10H3. The van der Waals surface area contributed by atoms with E-state index in [2.05, 4.69) is 46.4 Å². The maximum Gasteiger partial charge on any atom is 0.410 e. The van der Waals surface area contributed by atoms with E-state index in [1.807, 2.05) is 20.8 Å². The number of carbonyl (C=O) groups is 1. The Morgan fingerprint density at radius 2 is 1.83 bits per heavy atom. The van der Waals surface area contributed by atoms with Crippen molar-refractivity contribution in [3.05, 3.63) is 12.7 Å². The molecule has 0 aromatic rings. The summed E-state index contributed by atoms with van der Waals surface area (Å²) >= 11 is 0. The van der Waals surface area contributed by atoms with E-state index in [4.69, 9.17) is 15.6 Å². The minimum Gasteiger partial charge on any atom is -0.444 e. The van der Waals surface area contributed by atoms with Gasteiger partial charge in [-0.1, -0.05) is 26.8 Å². The van der Waals surface area contributed by atoms with Crippen molar-refractivity contribution in [2.45, 2.75) is 77.8 Å². The topological polar surface area (TPSA) is 38.8 Å². The summed E-state index contributed by atoms with van der Waals surface area (Å²) in [5.41, 5.74) is -0.543. The predicted octanol–water partition coefficient (Wildman–Crippen LogP) is 4.82. The molecule has 1 atom stereocenters. The predicted molar refractivity (Wildman–Crippen MR) is 104 cm³/mol. The summed E-state index contributed by atoms with van der Waals surface area (Å²) in [6.07, 6.45) is 7.08. The zero-order chi connectivity index (χ0) is 19.2. The number of carbonyl (C=O) groups excluding carboxylic acids is 1. The fourth-order valence-corrected chi connectivity index (χ4v) is 3.16. The van der Waals surface area contributed by atoms with Crippen LogP contribution in [0.15, 0.2) is 12.7 Å². The number of terminal acetylenes is 1. The van der Waals surface area contributed by atoms with Crippen LogP contribution in [0.1, 0.15) is 48.0 Å². The van der Waals surface area contributed by atoms with Gasteiger partial charge in [0.15, 0.2) is 8.32 Å². The zero-order valence-corrected chi connectivity index (χ0v) is 17.7. The molecule has 0 saturated heterocycles. The Labute approximate surface area is 149 Å². The van der Waals surface area contributed by atoms with Gasteiger partial charge in [0.1, 0.15) is 5.60 Å². The first-order valence-electron chi connectivity index (χ1n) is 8.43. The molecule has 1 amide bonds. The Bertz CT molecular complexity index is 466. The highest BCUT2D eigenvalue weighted by atomic mass is 28.4. The van der Waals surface area contributed by atoms with E-state index in [1.165, 1.54) is 0 Å². The Morgan fingerprint density at radius 3 is 2.21 bits per heavy atom. The maximum atomic E-state index is 12.4. The van der Waals surface area contributed by atoms with Gasteiger partial charge in [-0.3, -0.25) is 0 Å². The SMILES string of the molecule is C#CCC(CN(CC=C)C(=O)OC(C)(C)C)O[Si](C)(C)C(C)(C)C. The van der Waals surface area contributed by atoms with Crippen molar-refractivity contribution in [2.75, 3.05) is 13.1 Å². The molecule has 0 fully saturated rings. The number of ether oxygens (including phenoxy) is 1. The van der Waals surface area contributed by atoms with E-state index in [0.29, 0.717) is 19.5 Å². The maximum absolute atomic E-state index is 12.4. The molecular weight excluding hydrogens is 318 g/mol. The average Bonchev–Trinajstić information content (AvgIpc) is 2.34. The van der Waals surface area contributed by atoms with Crippen molar-refractivity contribution in [1.82, 2.24) is 4.90 Å². The molecule has 0 bridgehead atoms. The summed E-state index contributed by atoms with van der Waals surface area (Å²) in [6.45, 7) is 21.0. The van der Waals surface area contributed by atoms with Crippen LogP contribution >= 0.6 is 0 Å². The van der Waals surface area contributed by atoms with Crippen LogP contribution in [0.3, 0.4) is 0 Å². The van der Waals surface area contributed by atoms with Gasteiger partial charge in [0, 0.05) is 13.0 Å². The molecule has 0 aliphatic heterocycles. The first-order valence-corrected chi connectivity index (χ1v) is 11.3. The van der Waals surface area contributed by atoms with Crippen LogP contribution in [-0.4, -0.2) is 44.1 Å². The van der Waals surface area contributed by atoms with Gasteiger partial charge in [-0.05, 0) is 38.9 Å². The first-order chi connectivity index (χ1) is 10.7. The quantitative estimate of drug-likeness (QED) is 0.374. The third kappa shape index (κ3) is 8.03. The largest absolute Gasteiger partial charge is 0.444 e. The molecule has 24 heavy (non-hydrogen) atoms. The number of hydrogen-bond acceptors (Lipinski definition) is 3. The van der Waals surface area contributed by atoms with E-state index in [9.17, 15) is 4.79 Å². The van der Waals surface area contributed by atoms with Crippen molar-refractivity contribution in [3.8, 4) is 12.3 Å². The summed E-state index contributed by atoms with van der Waals surface area (Å²) in [6, 6.07) is 0. The average molecular weight is 354 g/mol. The summed E-state index contributed by atoms with van der Waals surface area (Å²) in [5, 5.41) is 0.0784. The zero-order valence-electron chi connectivity index (χ0n) is 16.7. The van der Waals surface area contributed by atoms with Crippen LogP contribution in [0.5, 0.6) is 0 Å². The fourth-order valence-electron chi connectivity index (χ4n) is 1.82. The molecule has 0 radical (unpaired) electrons. The van der Waals surface area contributed by atoms with Crippen LogP contribution in [0, 0.1) is 12.3 Å². The van der Waals surface area contributed by atoms with E-state index in [0.717, 1.165) is 0 Å². The lowest BCUT2D eigenvalue weighted by atomic mass is 10.2. The van der Waals surface area contributed by atoms with Gasteiger partial charge >= 0.3 is 6.09 Å². The Kier molecular flexibility index (Phi) is 8.27. The molecule has 0 heterocycles. The highest BCUT2D eigenvalue weighted by Crippen LogP contribution is 2.37. The summed E-state index contributed by atoms with van der Waals surface area (Å²) in [5.74, 6) is 2.67. The fraction of sp³-hybridized carbons (Fsp3) is 0.737. The van der Waals surface area contributed by atoms with E-state index < -0.39 is 13.9 Å². The van der Waals surface area contributed by atoms with Gasteiger partial charge in [0.2, 0.25) is 0 Å². The van der Waals surface area contributed by atoms with Crippen LogP contribution in [0.4, 0.5) is 4.79 Å². The summed E-state index contributed by atoms with van der Waals surface area (Å²) in [7, 11) is -1.98. The second-order valence-electron chi connectivity index (χ2n) is 8.58. The molecule has 0 aliphatic carbocycles. The van der Waals surface area contributed by atoms with Crippen molar-refractivity contribution < 1.29 is 14.0 Å². The van der Waals surface area contributed by atoms with Crippen LogP contribution in [-0.2, 0) is 9.16 Å². The minimum atomic E-state index is -1.98. The van der Waals surface area contributed by atoms with Crippen molar-refractivity contribution >= 4 is 14.4 Å². The third-order valence-electron chi connectivity index (χ3n) is 4.04. The van der Waals surface area contributed by atoms with Gasteiger partial charge in [-0.2, -0.15) is 0 Å². The molecule has 4 nitrogen and oxygen atoms in total. The van der Waals surface area contributed by atoms with Gasteiger partial charge in [0.25, 0.3) is 0 Å². The van der Waals surface area contributed by atoms with Crippen LogP contribution in [0.2, 0.25) is 18.1 Å². The van der Waals surface area contributed by atoms with Crippen molar-refractivity contribution in [2.24, 2.45) is 0 Å². The van der Waals surface area contributed by atoms with Gasteiger partial charge in [-0.25, -0.2) is 4.79 Å². The van der Waals surface area contributed by atoms with Gasteiger partial charge < -0.3 is 14.1 Å². The van der Waals surface area contributed by atoms with E-state index in [1.54, 1.807) is 11.0 Å². The smallest absolute Gasteiger partial charge is 0.410 e. The lowest BCUT2D eigenvalue weighted by Crippen LogP contribution is -2.48. The molecule has 0 aromatic heterocycles. The molecule has 0 spiro atoms. The molecule has 0 aromatic carbocycles. The summed E-state index contributed by atoms with van der Waals surface area (Å²) < 4.78 is 11.9. The molecule has 0 aliphatic rings. The first kappa shape index (κ1) is 22.7. The monoisotopic (exact) mass is 353 g/mol. The van der Waals surface area contributed by atoms with Gasteiger partial charge in [0.05, 0.1) is 12.6 Å². The highest BCUT2D eigenvalue weighted by Gasteiger charge is 2.39. The highest BCUT2D eigenvalue weighted by molar-refractivity contribution is 6.74. The third-order valence-corrected chi connectivity index (χ3v) is 8.57. The molecule has 0 saturated carbocycles. The number of hydrogen-bond donors (Lipinski definition) is 0. The molecule has 138 valence electrons. The van der Waals surface area contributed by atoms with E-state index in [-0.39, 0.29) is 17.2 Å². The summed E-state index contributed by atoms with van der Waals surface area (Å²) in [4.78, 5) is 14.0. The molecule has 0 rings (SSSR count).